The Morgan fingerprint density at radius 2 is 2.04 bits per heavy atom. The predicted molar refractivity (Wildman–Crippen MR) is 102 cm³/mol. The van der Waals surface area contributed by atoms with Crippen molar-refractivity contribution < 1.29 is 4.79 Å². The SMILES string of the molecule is CC[C@@H](C)Nc1nc2c(C)cccn2c(=O)c1CC(=O)CC(C)(C)C. The number of Topliss-reactive ketones (excluding diaryl/α,β-unsaturated/α-hetero) is 1. The maximum Gasteiger partial charge on any atom is 0.263 e. The second-order valence-corrected chi connectivity index (χ2v) is 8.04. The van der Waals surface area contributed by atoms with E-state index in [2.05, 4.69) is 17.2 Å². The van der Waals surface area contributed by atoms with Gasteiger partial charge in [0.1, 0.15) is 17.2 Å². The minimum Gasteiger partial charge on any atom is -0.367 e. The molecule has 1 N–H and O–H groups in total. The molecule has 0 aromatic carbocycles. The second-order valence-electron chi connectivity index (χ2n) is 8.04. The zero-order chi connectivity index (χ0) is 18.8. The number of nitrogens with one attached hydrogen (secondary N) is 1. The molecule has 5 heteroatoms. The number of nitrogens with zero attached hydrogens (tertiary/aromatic N) is 2. The number of pyridine rings is 1. The molecule has 25 heavy (non-hydrogen) atoms. The number of fused-ring (bicyclic) bond motifs is 1. The first-order chi connectivity index (χ1) is 11.6. The minimum atomic E-state index is -0.165. The summed E-state index contributed by atoms with van der Waals surface area (Å²) >= 11 is 0. The number of hydrogen-bond donors (Lipinski definition) is 1. The molecule has 0 aliphatic carbocycles. The lowest BCUT2D eigenvalue weighted by Crippen LogP contribution is -2.28. The smallest absolute Gasteiger partial charge is 0.263 e. The molecule has 0 fully saturated rings. The van der Waals surface area contributed by atoms with Crippen molar-refractivity contribution in [1.29, 1.82) is 0 Å². The van der Waals surface area contributed by atoms with Gasteiger partial charge in [-0.05, 0) is 37.3 Å². The maximum atomic E-state index is 13.0. The molecule has 0 aliphatic heterocycles. The zero-order valence-corrected chi connectivity index (χ0v) is 16.1. The van der Waals surface area contributed by atoms with Crippen LogP contribution in [0.1, 0.15) is 58.6 Å². The Balaban J connectivity index is 2.55. The number of aryl methyl sites for hydroxylation is 1. The summed E-state index contributed by atoms with van der Waals surface area (Å²) in [5.74, 6) is 0.599. The molecule has 0 radical (unpaired) electrons. The Labute approximate surface area is 149 Å². The third-order valence-corrected chi connectivity index (χ3v) is 4.24. The van der Waals surface area contributed by atoms with Crippen LogP contribution in [0.4, 0.5) is 5.82 Å². The summed E-state index contributed by atoms with van der Waals surface area (Å²) < 4.78 is 1.54. The molecular formula is C20H29N3O2. The standard InChI is InChI=1S/C20H29N3O2/c1-7-14(3)21-17-16(11-15(24)12-20(4,5)6)19(25)23-10-8-9-13(2)18(23)22-17/h8-10,14,21H,7,11-12H2,1-6H3/t14-/m1/s1. The summed E-state index contributed by atoms with van der Waals surface area (Å²) in [6.45, 7) is 12.1. The van der Waals surface area contributed by atoms with Gasteiger partial charge in [-0.15, -0.1) is 0 Å². The van der Waals surface area contributed by atoms with Crippen molar-refractivity contribution in [3.8, 4) is 0 Å². The van der Waals surface area contributed by atoms with Crippen molar-refractivity contribution in [1.82, 2.24) is 9.38 Å². The van der Waals surface area contributed by atoms with Gasteiger partial charge in [0.2, 0.25) is 0 Å². The molecule has 0 aliphatic rings. The van der Waals surface area contributed by atoms with E-state index in [1.807, 2.05) is 46.8 Å². The molecule has 0 saturated heterocycles. The number of rotatable bonds is 6. The Hall–Kier alpha value is -2.17. The highest BCUT2D eigenvalue weighted by Gasteiger charge is 2.21. The van der Waals surface area contributed by atoms with Crippen LogP contribution in [0.15, 0.2) is 23.1 Å². The Kier molecular flexibility index (Phi) is 5.65. The van der Waals surface area contributed by atoms with E-state index in [1.54, 1.807) is 6.20 Å². The highest BCUT2D eigenvalue weighted by molar-refractivity contribution is 5.82. The van der Waals surface area contributed by atoms with Crippen LogP contribution in [0.25, 0.3) is 5.65 Å². The normalized spacial score (nSPS) is 13.0. The van der Waals surface area contributed by atoms with Crippen LogP contribution >= 0.6 is 0 Å². The third-order valence-electron chi connectivity index (χ3n) is 4.24. The van der Waals surface area contributed by atoms with Gasteiger partial charge in [-0.2, -0.15) is 0 Å². The monoisotopic (exact) mass is 343 g/mol. The summed E-state index contributed by atoms with van der Waals surface area (Å²) in [5.41, 5.74) is 1.75. The Morgan fingerprint density at radius 3 is 2.64 bits per heavy atom. The van der Waals surface area contributed by atoms with Gasteiger partial charge in [-0.3, -0.25) is 14.0 Å². The largest absolute Gasteiger partial charge is 0.367 e. The summed E-state index contributed by atoms with van der Waals surface area (Å²) in [4.78, 5) is 30.2. The molecule has 0 bridgehead atoms. The van der Waals surface area contributed by atoms with Crippen molar-refractivity contribution in [2.45, 2.75) is 66.8 Å². The Bertz CT molecular complexity index is 831. The van der Waals surface area contributed by atoms with Gasteiger partial charge >= 0.3 is 0 Å². The summed E-state index contributed by atoms with van der Waals surface area (Å²) in [6.07, 6.45) is 3.16. The van der Waals surface area contributed by atoms with Crippen LogP contribution in [0, 0.1) is 12.3 Å². The quantitative estimate of drug-likeness (QED) is 0.867. The van der Waals surface area contributed by atoms with Crippen LogP contribution in [0.2, 0.25) is 0 Å². The van der Waals surface area contributed by atoms with Crippen LogP contribution < -0.4 is 10.9 Å². The first-order valence-electron chi connectivity index (χ1n) is 8.91. The van der Waals surface area contributed by atoms with Crippen molar-refractivity contribution in [3.63, 3.8) is 0 Å². The molecule has 0 saturated carbocycles. The molecule has 0 unspecified atom stereocenters. The lowest BCUT2D eigenvalue weighted by molar-refractivity contribution is -0.120. The fourth-order valence-electron chi connectivity index (χ4n) is 2.80. The summed E-state index contributed by atoms with van der Waals surface area (Å²) in [7, 11) is 0. The lowest BCUT2D eigenvalue weighted by Gasteiger charge is -2.19. The van der Waals surface area contributed by atoms with Gasteiger partial charge in [-0.25, -0.2) is 4.98 Å². The molecule has 2 aromatic heterocycles. The summed E-state index contributed by atoms with van der Waals surface area (Å²) in [6, 6.07) is 3.93. The first kappa shape index (κ1) is 19.2. The molecule has 2 aromatic rings. The zero-order valence-electron chi connectivity index (χ0n) is 16.1. The van der Waals surface area contributed by atoms with E-state index >= 15 is 0 Å². The first-order valence-corrected chi connectivity index (χ1v) is 8.91. The number of carbonyl (C=O) groups is 1. The number of aromatic nitrogens is 2. The molecule has 1 atom stereocenters. The van der Waals surface area contributed by atoms with Crippen molar-refractivity contribution in [2.75, 3.05) is 5.32 Å². The van der Waals surface area contributed by atoms with Gasteiger partial charge in [0.05, 0.1) is 5.56 Å². The molecule has 5 nitrogen and oxygen atoms in total. The van der Waals surface area contributed by atoms with E-state index in [0.29, 0.717) is 23.4 Å². The fourth-order valence-corrected chi connectivity index (χ4v) is 2.80. The number of hydrogen-bond acceptors (Lipinski definition) is 4. The number of carbonyl (C=O) groups excluding carboxylic acids is 1. The van der Waals surface area contributed by atoms with Gasteiger partial charge in [0, 0.05) is 25.1 Å². The van der Waals surface area contributed by atoms with Gasteiger partial charge in [-0.1, -0.05) is 33.8 Å². The van der Waals surface area contributed by atoms with Crippen LogP contribution in [-0.2, 0) is 11.2 Å². The molecule has 0 spiro atoms. The highest BCUT2D eigenvalue weighted by atomic mass is 16.1. The molecule has 2 rings (SSSR count). The Morgan fingerprint density at radius 1 is 1.36 bits per heavy atom. The van der Waals surface area contributed by atoms with Crippen LogP contribution in [0.3, 0.4) is 0 Å². The van der Waals surface area contributed by atoms with Gasteiger partial charge in [0.25, 0.3) is 5.56 Å². The van der Waals surface area contributed by atoms with E-state index in [-0.39, 0.29) is 29.2 Å². The van der Waals surface area contributed by atoms with E-state index in [4.69, 9.17) is 0 Å². The molecular weight excluding hydrogens is 314 g/mol. The summed E-state index contributed by atoms with van der Waals surface area (Å²) in [5, 5.41) is 3.31. The van der Waals surface area contributed by atoms with E-state index in [9.17, 15) is 9.59 Å². The number of anilines is 1. The minimum absolute atomic E-state index is 0.0613. The average Bonchev–Trinajstić information content (AvgIpc) is 2.50. The van der Waals surface area contributed by atoms with E-state index in [0.717, 1.165) is 12.0 Å². The fraction of sp³-hybridized carbons (Fsp3) is 0.550. The van der Waals surface area contributed by atoms with Crippen molar-refractivity contribution in [2.24, 2.45) is 5.41 Å². The molecule has 136 valence electrons. The molecule has 2 heterocycles. The second kappa shape index (κ2) is 7.38. The number of ketones is 1. The van der Waals surface area contributed by atoms with E-state index < -0.39 is 0 Å². The van der Waals surface area contributed by atoms with Crippen LogP contribution in [-0.4, -0.2) is 21.2 Å². The van der Waals surface area contributed by atoms with Crippen molar-refractivity contribution >= 4 is 17.2 Å². The third kappa shape index (κ3) is 4.68. The topological polar surface area (TPSA) is 63.5 Å². The predicted octanol–water partition coefficient (Wildman–Crippen LogP) is 3.76. The van der Waals surface area contributed by atoms with Gasteiger partial charge in [0.15, 0.2) is 0 Å². The van der Waals surface area contributed by atoms with Gasteiger partial charge < -0.3 is 5.32 Å². The highest BCUT2D eigenvalue weighted by Crippen LogP contribution is 2.21. The lowest BCUT2D eigenvalue weighted by atomic mass is 9.88. The molecule has 0 amide bonds. The van der Waals surface area contributed by atoms with Crippen LogP contribution in [0.5, 0.6) is 0 Å². The maximum absolute atomic E-state index is 13.0. The average molecular weight is 343 g/mol. The van der Waals surface area contributed by atoms with E-state index in [1.165, 1.54) is 4.40 Å². The van der Waals surface area contributed by atoms with Crippen molar-refractivity contribution in [3.05, 3.63) is 39.8 Å².